The highest BCUT2D eigenvalue weighted by Crippen LogP contribution is 2.11. The molecule has 3 nitrogen and oxygen atoms in total. The molecular weight excluding hydrogens is 188 g/mol. The summed E-state index contributed by atoms with van der Waals surface area (Å²) >= 11 is 5.75. The van der Waals surface area contributed by atoms with E-state index in [0.29, 0.717) is 11.4 Å². The first-order valence-electron chi connectivity index (χ1n) is 3.89. The maximum atomic E-state index is 10.7. The van der Waals surface area contributed by atoms with E-state index in [2.05, 4.69) is 0 Å². The van der Waals surface area contributed by atoms with Crippen molar-refractivity contribution in [3.05, 3.63) is 34.9 Å². The Balaban J connectivity index is 2.69. The smallest absolute Gasteiger partial charge is 0.234 e. The van der Waals surface area contributed by atoms with E-state index in [1.54, 1.807) is 12.1 Å². The van der Waals surface area contributed by atoms with Crippen molar-refractivity contribution in [1.29, 1.82) is 0 Å². The van der Waals surface area contributed by atoms with Crippen molar-refractivity contribution in [2.75, 3.05) is 0 Å². The highest BCUT2D eigenvalue weighted by Gasteiger charge is 2.09. The van der Waals surface area contributed by atoms with Gasteiger partial charge < -0.3 is 11.5 Å². The molecule has 0 saturated carbocycles. The zero-order valence-electron chi connectivity index (χ0n) is 7.03. The molecule has 0 aliphatic rings. The molecule has 1 atom stereocenters. The van der Waals surface area contributed by atoms with Gasteiger partial charge in [0.05, 0.1) is 6.04 Å². The summed E-state index contributed by atoms with van der Waals surface area (Å²) < 4.78 is 0. The molecular formula is C9H11ClN2O. The molecule has 1 aromatic carbocycles. The number of hydrogen-bond acceptors (Lipinski definition) is 2. The fourth-order valence-electron chi connectivity index (χ4n) is 1.02. The fraction of sp³-hybridized carbons (Fsp3) is 0.222. The van der Waals surface area contributed by atoms with Gasteiger partial charge in [0.1, 0.15) is 0 Å². The molecule has 13 heavy (non-hydrogen) atoms. The summed E-state index contributed by atoms with van der Waals surface area (Å²) in [6.07, 6.45) is 0.426. The van der Waals surface area contributed by atoms with Gasteiger partial charge in [-0.3, -0.25) is 4.79 Å². The van der Waals surface area contributed by atoms with Crippen LogP contribution in [0.15, 0.2) is 24.3 Å². The zero-order chi connectivity index (χ0) is 9.84. The van der Waals surface area contributed by atoms with Crippen molar-refractivity contribution < 1.29 is 4.79 Å². The predicted octanol–water partition coefficient (Wildman–Crippen LogP) is 0.695. The molecule has 4 heteroatoms. The Morgan fingerprint density at radius 2 is 2.23 bits per heavy atom. The molecule has 70 valence electrons. The number of nitrogens with two attached hydrogens (primary N) is 2. The van der Waals surface area contributed by atoms with Crippen LogP contribution in [-0.2, 0) is 11.2 Å². The number of halogens is 1. The second kappa shape index (κ2) is 4.25. The van der Waals surface area contributed by atoms with E-state index >= 15 is 0 Å². The summed E-state index contributed by atoms with van der Waals surface area (Å²) in [5.74, 6) is -0.500. The van der Waals surface area contributed by atoms with E-state index in [1.807, 2.05) is 12.1 Å². The minimum Gasteiger partial charge on any atom is -0.368 e. The van der Waals surface area contributed by atoms with Crippen LogP contribution in [0, 0.1) is 0 Å². The van der Waals surface area contributed by atoms with Gasteiger partial charge in [-0.15, -0.1) is 0 Å². The Hall–Kier alpha value is -1.06. The van der Waals surface area contributed by atoms with Crippen molar-refractivity contribution in [2.45, 2.75) is 12.5 Å². The van der Waals surface area contributed by atoms with E-state index in [9.17, 15) is 4.79 Å². The average molecular weight is 199 g/mol. The standard InChI is InChI=1S/C9H11ClN2O/c10-7-3-1-2-6(4-7)5-8(11)9(12)13/h1-4,8H,5,11H2,(H2,12,13). The predicted molar refractivity (Wildman–Crippen MR) is 52.3 cm³/mol. The summed E-state index contributed by atoms with van der Waals surface area (Å²) in [5, 5.41) is 0.633. The molecule has 0 spiro atoms. The molecule has 1 rings (SSSR count). The van der Waals surface area contributed by atoms with Gasteiger partial charge in [0.15, 0.2) is 0 Å². The second-order valence-corrected chi connectivity index (χ2v) is 3.28. The zero-order valence-corrected chi connectivity index (χ0v) is 7.79. The number of hydrogen-bond donors (Lipinski definition) is 2. The van der Waals surface area contributed by atoms with Crippen LogP contribution >= 0.6 is 11.6 Å². The summed E-state index contributed by atoms with van der Waals surface area (Å²) in [4.78, 5) is 10.7. The van der Waals surface area contributed by atoms with E-state index in [4.69, 9.17) is 23.1 Å². The lowest BCUT2D eigenvalue weighted by molar-refractivity contribution is -0.119. The van der Waals surface area contributed by atoms with Crippen LogP contribution in [0.5, 0.6) is 0 Å². The molecule has 0 aliphatic heterocycles. The van der Waals surface area contributed by atoms with Crippen LogP contribution in [0.4, 0.5) is 0 Å². The average Bonchev–Trinajstić information content (AvgIpc) is 2.04. The third-order valence-corrected chi connectivity index (χ3v) is 1.95. The SMILES string of the molecule is NC(=O)C(N)Cc1cccc(Cl)c1. The Morgan fingerprint density at radius 1 is 1.54 bits per heavy atom. The Bertz CT molecular complexity index is 314. The Labute approximate surface area is 81.7 Å². The van der Waals surface area contributed by atoms with E-state index < -0.39 is 11.9 Å². The normalized spacial score (nSPS) is 12.5. The number of primary amides is 1. The third-order valence-electron chi connectivity index (χ3n) is 1.71. The highest BCUT2D eigenvalue weighted by atomic mass is 35.5. The number of carbonyl (C=O) groups is 1. The Kier molecular flexibility index (Phi) is 3.28. The number of rotatable bonds is 3. The first-order chi connectivity index (χ1) is 6.09. The summed E-state index contributed by atoms with van der Waals surface area (Å²) in [6.45, 7) is 0. The molecule has 0 saturated heterocycles. The number of amides is 1. The molecule has 1 aromatic rings. The van der Waals surface area contributed by atoms with Crippen LogP contribution in [0.25, 0.3) is 0 Å². The van der Waals surface area contributed by atoms with Gasteiger partial charge in [0.2, 0.25) is 5.91 Å². The van der Waals surface area contributed by atoms with Gasteiger partial charge >= 0.3 is 0 Å². The summed E-state index contributed by atoms with van der Waals surface area (Å²) in [5.41, 5.74) is 11.4. The van der Waals surface area contributed by atoms with E-state index in [0.717, 1.165) is 5.56 Å². The van der Waals surface area contributed by atoms with Crippen LogP contribution in [-0.4, -0.2) is 11.9 Å². The first-order valence-corrected chi connectivity index (χ1v) is 4.26. The molecule has 1 unspecified atom stereocenters. The van der Waals surface area contributed by atoms with Crippen molar-refractivity contribution in [3.8, 4) is 0 Å². The molecule has 1 amide bonds. The van der Waals surface area contributed by atoms with Gasteiger partial charge in [-0.2, -0.15) is 0 Å². The van der Waals surface area contributed by atoms with Gasteiger partial charge in [0.25, 0.3) is 0 Å². The lowest BCUT2D eigenvalue weighted by Gasteiger charge is -2.06. The minimum atomic E-state index is -0.640. The monoisotopic (exact) mass is 198 g/mol. The maximum Gasteiger partial charge on any atom is 0.234 e. The quantitative estimate of drug-likeness (QED) is 0.751. The molecule has 0 aromatic heterocycles. The van der Waals surface area contributed by atoms with Gasteiger partial charge in [-0.05, 0) is 24.1 Å². The lowest BCUT2D eigenvalue weighted by atomic mass is 10.1. The van der Waals surface area contributed by atoms with Crippen molar-refractivity contribution in [1.82, 2.24) is 0 Å². The number of benzene rings is 1. The largest absolute Gasteiger partial charge is 0.368 e. The van der Waals surface area contributed by atoms with Crippen LogP contribution in [0.3, 0.4) is 0 Å². The fourth-order valence-corrected chi connectivity index (χ4v) is 1.23. The van der Waals surface area contributed by atoms with Crippen LogP contribution < -0.4 is 11.5 Å². The number of carbonyl (C=O) groups excluding carboxylic acids is 1. The van der Waals surface area contributed by atoms with Crippen molar-refractivity contribution in [3.63, 3.8) is 0 Å². The van der Waals surface area contributed by atoms with Gasteiger partial charge in [0, 0.05) is 5.02 Å². The third kappa shape index (κ3) is 3.05. The first kappa shape index (κ1) is 10.0. The highest BCUT2D eigenvalue weighted by molar-refractivity contribution is 6.30. The summed E-state index contributed by atoms with van der Waals surface area (Å²) in [6, 6.07) is 6.56. The minimum absolute atomic E-state index is 0.426. The topological polar surface area (TPSA) is 69.1 Å². The maximum absolute atomic E-state index is 10.7. The van der Waals surface area contributed by atoms with E-state index in [1.165, 1.54) is 0 Å². The molecule has 0 bridgehead atoms. The van der Waals surface area contributed by atoms with Gasteiger partial charge in [-0.25, -0.2) is 0 Å². The van der Waals surface area contributed by atoms with Crippen LogP contribution in [0.1, 0.15) is 5.56 Å². The van der Waals surface area contributed by atoms with Gasteiger partial charge in [-0.1, -0.05) is 23.7 Å². The molecule has 0 fully saturated rings. The lowest BCUT2D eigenvalue weighted by Crippen LogP contribution is -2.38. The van der Waals surface area contributed by atoms with Crippen LogP contribution in [0.2, 0.25) is 5.02 Å². The molecule has 0 heterocycles. The summed E-state index contributed by atoms with van der Waals surface area (Å²) in [7, 11) is 0. The van der Waals surface area contributed by atoms with Crippen molar-refractivity contribution >= 4 is 17.5 Å². The molecule has 0 aliphatic carbocycles. The Morgan fingerprint density at radius 3 is 2.77 bits per heavy atom. The molecule has 0 radical (unpaired) electrons. The van der Waals surface area contributed by atoms with Crippen molar-refractivity contribution in [2.24, 2.45) is 11.5 Å². The second-order valence-electron chi connectivity index (χ2n) is 2.84. The molecule has 4 N–H and O–H groups in total. The van der Waals surface area contributed by atoms with E-state index in [-0.39, 0.29) is 0 Å².